The van der Waals surface area contributed by atoms with E-state index in [2.05, 4.69) is 15.5 Å². The number of hydrogen-bond donors (Lipinski definition) is 3. The Kier molecular flexibility index (Phi) is 6.29. The van der Waals surface area contributed by atoms with Crippen LogP contribution in [0.2, 0.25) is 5.02 Å². The van der Waals surface area contributed by atoms with E-state index in [0.29, 0.717) is 11.6 Å². The smallest absolute Gasteiger partial charge is 0.319 e. The van der Waals surface area contributed by atoms with Gasteiger partial charge in [0, 0.05) is 30.3 Å². The lowest BCUT2D eigenvalue weighted by Gasteiger charge is -2.29. The second kappa shape index (κ2) is 8.22. The first-order chi connectivity index (χ1) is 10.1. The van der Waals surface area contributed by atoms with Crippen LogP contribution in [0.15, 0.2) is 24.3 Å². The maximum Gasteiger partial charge on any atom is 0.319 e. The molecule has 1 aromatic rings. The molecule has 1 heterocycles. The first kappa shape index (κ1) is 16.1. The summed E-state index contributed by atoms with van der Waals surface area (Å²) in [4.78, 5) is 14.0. The van der Waals surface area contributed by atoms with Gasteiger partial charge in [-0.15, -0.1) is 0 Å². The molecule has 21 heavy (non-hydrogen) atoms. The van der Waals surface area contributed by atoms with E-state index < -0.39 is 0 Å². The molecule has 116 valence electrons. The molecule has 1 saturated heterocycles. The van der Waals surface area contributed by atoms with E-state index in [1.54, 1.807) is 24.3 Å². The van der Waals surface area contributed by atoms with E-state index in [0.717, 1.165) is 44.6 Å². The van der Waals surface area contributed by atoms with Crippen LogP contribution in [-0.2, 0) is 0 Å². The Hall–Kier alpha value is -1.30. The van der Waals surface area contributed by atoms with Gasteiger partial charge < -0.3 is 20.6 Å². The fourth-order valence-corrected chi connectivity index (χ4v) is 2.48. The molecule has 6 heteroatoms. The predicted molar refractivity (Wildman–Crippen MR) is 84.8 cm³/mol. The summed E-state index contributed by atoms with van der Waals surface area (Å²) in [5.41, 5.74) is 0.724. The number of likely N-dealkylation sites (tertiary alicyclic amines) is 1. The van der Waals surface area contributed by atoms with E-state index in [1.807, 2.05) is 0 Å². The molecular weight excluding hydrogens is 290 g/mol. The van der Waals surface area contributed by atoms with Gasteiger partial charge in [-0.1, -0.05) is 11.6 Å². The fraction of sp³-hybridized carbons (Fsp3) is 0.533. The fourth-order valence-electron chi connectivity index (χ4n) is 2.36. The quantitative estimate of drug-likeness (QED) is 0.731. The van der Waals surface area contributed by atoms with Crippen molar-refractivity contribution in [2.75, 3.05) is 31.5 Å². The summed E-state index contributed by atoms with van der Waals surface area (Å²) in [6.07, 6.45) is 2.48. The number of urea groups is 1. The highest BCUT2D eigenvalue weighted by Crippen LogP contribution is 2.13. The van der Waals surface area contributed by atoms with Gasteiger partial charge in [-0.2, -0.15) is 0 Å². The van der Waals surface area contributed by atoms with E-state index >= 15 is 0 Å². The van der Waals surface area contributed by atoms with Crippen LogP contribution in [-0.4, -0.2) is 48.3 Å². The molecule has 0 bridgehead atoms. The van der Waals surface area contributed by atoms with E-state index in [4.69, 9.17) is 11.6 Å². The van der Waals surface area contributed by atoms with Crippen molar-refractivity contribution in [3.8, 4) is 0 Å². The van der Waals surface area contributed by atoms with Crippen molar-refractivity contribution in [2.24, 2.45) is 0 Å². The van der Waals surface area contributed by atoms with Crippen LogP contribution in [0.25, 0.3) is 0 Å². The summed E-state index contributed by atoms with van der Waals surface area (Å²) < 4.78 is 0. The number of piperidine rings is 1. The molecule has 0 aromatic heterocycles. The highest BCUT2D eigenvalue weighted by Gasteiger charge is 2.16. The summed E-state index contributed by atoms with van der Waals surface area (Å²) in [6.45, 7) is 3.47. The molecule has 3 N–H and O–H groups in total. The van der Waals surface area contributed by atoms with Crippen LogP contribution in [0.1, 0.15) is 19.3 Å². The number of anilines is 1. The Balaban J connectivity index is 1.58. The Labute approximate surface area is 130 Å². The number of carbonyl (C=O) groups is 1. The van der Waals surface area contributed by atoms with Crippen molar-refractivity contribution in [3.05, 3.63) is 29.3 Å². The van der Waals surface area contributed by atoms with Crippen molar-refractivity contribution < 1.29 is 9.90 Å². The molecule has 1 aromatic carbocycles. The summed E-state index contributed by atoms with van der Waals surface area (Å²) >= 11 is 5.78. The monoisotopic (exact) mass is 311 g/mol. The van der Waals surface area contributed by atoms with Crippen LogP contribution in [0.5, 0.6) is 0 Å². The number of hydrogen-bond acceptors (Lipinski definition) is 3. The van der Waals surface area contributed by atoms with Crippen molar-refractivity contribution in [1.29, 1.82) is 0 Å². The zero-order chi connectivity index (χ0) is 15.1. The van der Waals surface area contributed by atoms with Gasteiger partial charge in [-0.3, -0.25) is 0 Å². The maximum absolute atomic E-state index is 11.7. The molecule has 5 nitrogen and oxygen atoms in total. The summed E-state index contributed by atoms with van der Waals surface area (Å²) in [5.74, 6) is 0. The van der Waals surface area contributed by atoms with Crippen molar-refractivity contribution in [1.82, 2.24) is 10.2 Å². The minimum absolute atomic E-state index is 0.135. The number of nitrogens with one attached hydrogen (secondary N) is 2. The lowest BCUT2D eigenvalue weighted by molar-refractivity contribution is 0.0822. The topological polar surface area (TPSA) is 64.6 Å². The minimum atomic E-state index is -0.202. The summed E-state index contributed by atoms with van der Waals surface area (Å²) in [5, 5.41) is 15.7. The van der Waals surface area contributed by atoms with Gasteiger partial charge in [0.2, 0.25) is 0 Å². The zero-order valence-electron chi connectivity index (χ0n) is 12.0. The van der Waals surface area contributed by atoms with Crippen LogP contribution in [0, 0.1) is 0 Å². The third kappa shape index (κ3) is 5.91. The molecule has 0 spiro atoms. The molecule has 2 rings (SSSR count). The van der Waals surface area contributed by atoms with Gasteiger partial charge in [-0.25, -0.2) is 4.79 Å². The van der Waals surface area contributed by atoms with E-state index in [9.17, 15) is 9.90 Å². The second-order valence-electron chi connectivity index (χ2n) is 5.31. The number of nitrogens with zero attached hydrogens (tertiary/aromatic N) is 1. The van der Waals surface area contributed by atoms with E-state index in [-0.39, 0.29) is 12.1 Å². The molecular formula is C15H22ClN3O2. The lowest BCUT2D eigenvalue weighted by Crippen LogP contribution is -2.38. The van der Waals surface area contributed by atoms with Gasteiger partial charge in [0.15, 0.2) is 0 Å². The van der Waals surface area contributed by atoms with Crippen LogP contribution < -0.4 is 10.6 Å². The zero-order valence-corrected chi connectivity index (χ0v) is 12.8. The Morgan fingerprint density at radius 2 is 1.95 bits per heavy atom. The molecule has 1 aliphatic rings. The molecule has 1 fully saturated rings. The Bertz CT molecular complexity index is 445. The normalized spacial score (nSPS) is 16.7. The van der Waals surface area contributed by atoms with E-state index in [1.165, 1.54) is 0 Å². The molecule has 2 amide bonds. The minimum Gasteiger partial charge on any atom is -0.393 e. The van der Waals surface area contributed by atoms with Gasteiger partial charge in [0.1, 0.15) is 0 Å². The van der Waals surface area contributed by atoms with Gasteiger partial charge in [-0.05, 0) is 50.1 Å². The van der Waals surface area contributed by atoms with Gasteiger partial charge in [0.25, 0.3) is 0 Å². The first-order valence-electron chi connectivity index (χ1n) is 7.34. The number of amides is 2. The molecule has 0 saturated carbocycles. The number of benzene rings is 1. The van der Waals surface area contributed by atoms with Crippen LogP contribution >= 0.6 is 11.6 Å². The predicted octanol–water partition coefficient (Wildman–Crippen LogP) is 2.31. The number of rotatable bonds is 5. The summed E-state index contributed by atoms with van der Waals surface area (Å²) in [6, 6.07) is 6.80. The molecule has 0 atom stereocenters. The highest BCUT2D eigenvalue weighted by atomic mass is 35.5. The Morgan fingerprint density at radius 1 is 1.29 bits per heavy atom. The first-order valence-corrected chi connectivity index (χ1v) is 7.72. The maximum atomic E-state index is 11.7. The molecule has 1 aliphatic heterocycles. The number of aliphatic hydroxyl groups excluding tert-OH is 1. The number of aliphatic hydroxyl groups is 1. The largest absolute Gasteiger partial charge is 0.393 e. The van der Waals surface area contributed by atoms with Gasteiger partial charge in [0.05, 0.1) is 6.10 Å². The number of halogens is 1. The number of carbonyl (C=O) groups excluding carboxylic acids is 1. The third-order valence-corrected chi connectivity index (χ3v) is 3.85. The SMILES string of the molecule is O=C(NCCCN1CCC(O)CC1)Nc1ccc(Cl)cc1. The van der Waals surface area contributed by atoms with Crippen LogP contribution in [0.3, 0.4) is 0 Å². The second-order valence-corrected chi connectivity index (χ2v) is 5.75. The third-order valence-electron chi connectivity index (χ3n) is 3.60. The summed E-state index contributed by atoms with van der Waals surface area (Å²) in [7, 11) is 0. The average Bonchev–Trinajstić information content (AvgIpc) is 2.48. The van der Waals surface area contributed by atoms with Crippen molar-refractivity contribution >= 4 is 23.3 Å². The highest BCUT2D eigenvalue weighted by molar-refractivity contribution is 6.30. The molecule has 0 radical (unpaired) electrons. The Morgan fingerprint density at radius 3 is 2.62 bits per heavy atom. The van der Waals surface area contributed by atoms with Crippen molar-refractivity contribution in [2.45, 2.75) is 25.4 Å². The van der Waals surface area contributed by atoms with Gasteiger partial charge >= 0.3 is 6.03 Å². The van der Waals surface area contributed by atoms with Crippen LogP contribution in [0.4, 0.5) is 10.5 Å². The molecule has 0 unspecified atom stereocenters. The van der Waals surface area contributed by atoms with Crippen molar-refractivity contribution in [3.63, 3.8) is 0 Å². The average molecular weight is 312 g/mol. The molecule has 0 aliphatic carbocycles. The standard InChI is InChI=1S/C15H22ClN3O2/c16-12-2-4-13(5-3-12)18-15(21)17-8-1-9-19-10-6-14(20)7-11-19/h2-5,14,20H,1,6-11H2,(H2,17,18,21). The lowest BCUT2D eigenvalue weighted by atomic mass is 10.1.